The van der Waals surface area contributed by atoms with Gasteiger partial charge < -0.3 is 15.5 Å². The molecule has 6 heteroatoms. The predicted octanol–water partition coefficient (Wildman–Crippen LogP) is 3.43. The van der Waals surface area contributed by atoms with Crippen LogP contribution in [-0.2, 0) is 11.3 Å². The third-order valence-corrected chi connectivity index (χ3v) is 4.22. The first-order chi connectivity index (χ1) is 9.47. The van der Waals surface area contributed by atoms with Crippen molar-refractivity contribution in [2.24, 2.45) is 5.92 Å². The number of halogens is 2. The number of carbonyl (C=O) groups is 1. The average Bonchev–Trinajstić information content (AvgIpc) is 2.41. The van der Waals surface area contributed by atoms with Crippen LogP contribution in [0.2, 0.25) is 10.0 Å². The number of rotatable bonds is 4. The highest BCUT2D eigenvalue weighted by Crippen LogP contribution is 2.31. The maximum absolute atomic E-state index is 11.0. The Balaban J connectivity index is 1.97. The van der Waals surface area contributed by atoms with Gasteiger partial charge in [0.15, 0.2) is 0 Å². The van der Waals surface area contributed by atoms with Gasteiger partial charge in [0.05, 0.1) is 10.9 Å². The molecule has 0 bridgehead atoms. The summed E-state index contributed by atoms with van der Waals surface area (Å²) in [5.41, 5.74) is 0.625. The first-order valence-electron chi connectivity index (χ1n) is 6.60. The molecule has 0 aliphatic heterocycles. The molecule has 1 aromatic rings. The van der Waals surface area contributed by atoms with Gasteiger partial charge in [-0.3, -0.25) is 4.79 Å². The van der Waals surface area contributed by atoms with Crippen LogP contribution >= 0.6 is 23.2 Å². The smallest absolute Gasteiger partial charge is 0.306 e. The number of hydrogen-bond acceptors (Lipinski definition) is 3. The van der Waals surface area contributed by atoms with Crippen molar-refractivity contribution in [3.8, 4) is 5.75 Å². The lowest BCUT2D eigenvalue weighted by atomic mass is 9.86. The van der Waals surface area contributed by atoms with Gasteiger partial charge in [-0.1, -0.05) is 29.6 Å². The van der Waals surface area contributed by atoms with Crippen LogP contribution < -0.4 is 5.32 Å². The maximum Gasteiger partial charge on any atom is 0.306 e. The topological polar surface area (TPSA) is 69.6 Å². The van der Waals surface area contributed by atoms with E-state index in [1.165, 1.54) is 6.07 Å². The van der Waals surface area contributed by atoms with Crippen LogP contribution in [0.3, 0.4) is 0 Å². The number of carboxylic acids is 1. The number of aromatic hydroxyl groups is 1. The van der Waals surface area contributed by atoms with Crippen molar-refractivity contribution in [3.05, 3.63) is 27.7 Å². The second-order valence-corrected chi connectivity index (χ2v) is 6.02. The zero-order valence-corrected chi connectivity index (χ0v) is 12.4. The minimum Gasteiger partial charge on any atom is -0.506 e. The van der Waals surface area contributed by atoms with Gasteiger partial charge in [0.25, 0.3) is 0 Å². The quantitative estimate of drug-likeness (QED) is 0.795. The molecule has 1 aliphatic carbocycles. The van der Waals surface area contributed by atoms with Crippen LogP contribution in [0.5, 0.6) is 5.75 Å². The SMILES string of the molecule is O=C(O)C1CCCC(NCc2cc(Cl)cc(Cl)c2O)C1. The van der Waals surface area contributed by atoms with Crippen LogP contribution in [0.4, 0.5) is 0 Å². The Kier molecular flexibility index (Phi) is 5.13. The van der Waals surface area contributed by atoms with Crippen molar-refractivity contribution in [1.82, 2.24) is 5.32 Å². The van der Waals surface area contributed by atoms with Gasteiger partial charge in [0, 0.05) is 23.2 Å². The maximum atomic E-state index is 11.0. The van der Waals surface area contributed by atoms with E-state index in [1.54, 1.807) is 6.07 Å². The highest BCUT2D eigenvalue weighted by Gasteiger charge is 2.26. The number of phenolic OH excluding ortho intramolecular Hbond substituents is 1. The Morgan fingerprint density at radius 1 is 1.35 bits per heavy atom. The van der Waals surface area contributed by atoms with Crippen molar-refractivity contribution in [2.45, 2.75) is 38.3 Å². The summed E-state index contributed by atoms with van der Waals surface area (Å²) >= 11 is 11.8. The first-order valence-corrected chi connectivity index (χ1v) is 7.36. The van der Waals surface area contributed by atoms with Gasteiger partial charge in [0.2, 0.25) is 0 Å². The number of benzene rings is 1. The van der Waals surface area contributed by atoms with Crippen molar-refractivity contribution < 1.29 is 15.0 Å². The molecule has 2 unspecified atom stereocenters. The summed E-state index contributed by atoms with van der Waals surface area (Å²) in [5.74, 6) is -0.989. The van der Waals surface area contributed by atoms with Gasteiger partial charge in [-0.15, -0.1) is 0 Å². The van der Waals surface area contributed by atoms with Crippen molar-refractivity contribution >= 4 is 29.2 Å². The molecule has 2 atom stereocenters. The summed E-state index contributed by atoms with van der Waals surface area (Å²) in [6.07, 6.45) is 3.20. The summed E-state index contributed by atoms with van der Waals surface area (Å²) in [6.45, 7) is 0.420. The summed E-state index contributed by atoms with van der Waals surface area (Å²) in [6, 6.07) is 3.29. The van der Waals surface area contributed by atoms with E-state index in [2.05, 4.69) is 5.32 Å². The van der Waals surface area contributed by atoms with Crippen LogP contribution in [-0.4, -0.2) is 22.2 Å². The van der Waals surface area contributed by atoms with Crippen molar-refractivity contribution in [3.63, 3.8) is 0 Å². The van der Waals surface area contributed by atoms with Gasteiger partial charge in [0.1, 0.15) is 5.75 Å². The molecule has 0 spiro atoms. The molecule has 110 valence electrons. The van der Waals surface area contributed by atoms with E-state index in [-0.39, 0.29) is 22.7 Å². The molecule has 4 nitrogen and oxygen atoms in total. The van der Waals surface area contributed by atoms with Gasteiger partial charge in [-0.25, -0.2) is 0 Å². The number of aliphatic carboxylic acids is 1. The fraction of sp³-hybridized carbons (Fsp3) is 0.500. The Labute approximate surface area is 127 Å². The number of hydrogen-bond donors (Lipinski definition) is 3. The van der Waals surface area contributed by atoms with Crippen molar-refractivity contribution in [2.75, 3.05) is 0 Å². The molecule has 1 fully saturated rings. The van der Waals surface area contributed by atoms with E-state index < -0.39 is 5.97 Å². The third kappa shape index (κ3) is 3.78. The summed E-state index contributed by atoms with van der Waals surface area (Å²) < 4.78 is 0. The van der Waals surface area contributed by atoms with E-state index in [0.717, 1.165) is 19.3 Å². The molecule has 0 radical (unpaired) electrons. The Morgan fingerprint density at radius 3 is 2.80 bits per heavy atom. The normalized spacial score (nSPS) is 22.7. The van der Waals surface area contributed by atoms with E-state index in [0.29, 0.717) is 23.6 Å². The van der Waals surface area contributed by atoms with Crippen LogP contribution in [0.25, 0.3) is 0 Å². The number of carboxylic acid groups (broad SMARTS) is 1. The van der Waals surface area contributed by atoms with E-state index >= 15 is 0 Å². The minimum atomic E-state index is -0.731. The lowest BCUT2D eigenvalue weighted by molar-refractivity contribution is -0.143. The Hall–Kier alpha value is -0.970. The number of nitrogens with one attached hydrogen (secondary N) is 1. The van der Waals surface area contributed by atoms with Crippen LogP contribution in [0.15, 0.2) is 12.1 Å². The average molecular weight is 318 g/mol. The van der Waals surface area contributed by atoms with Gasteiger partial charge >= 0.3 is 5.97 Å². The minimum absolute atomic E-state index is 0.0224. The monoisotopic (exact) mass is 317 g/mol. The summed E-state index contributed by atoms with van der Waals surface area (Å²) in [4.78, 5) is 11.0. The van der Waals surface area contributed by atoms with Crippen molar-refractivity contribution in [1.29, 1.82) is 0 Å². The van der Waals surface area contributed by atoms with E-state index in [1.807, 2.05) is 0 Å². The second-order valence-electron chi connectivity index (χ2n) is 5.17. The zero-order chi connectivity index (χ0) is 14.7. The predicted molar refractivity (Wildman–Crippen MR) is 78.3 cm³/mol. The van der Waals surface area contributed by atoms with E-state index in [4.69, 9.17) is 28.3 Å². The molecule has 1 aliphatic rings. The fourth-order valence-corrected chi connectivity index (χ4v) is 3.14. The molecule has 1 aromatic carbocycles. The fourth-order valence-electron chi connectivity index (χ4n) is 2.61. The Bertz CT molecular complexity index is 507. The largest absolute Gasteiger partial charge is 0.506 e. The van der Waals surface area contributed by atoms with Crippen LogP contribution in [0.1, 0.15) is 31.2 Å². The molecule has 0 aromatic heterocycles. The zero-order valence-electron chi connectivity index (χ0n) is 10.9. The standard InChI is InChI=1S/C14H17Cl2NO3/c15-10-4-9(13(18)12(16)6-10)7-17-11-3-1-2-8(5-11)14(19)20/h4,6,8,11,17-18H,1-3,5,7H2,(H,19,20). The molecule has 0 heterocycles. The van der Waals surface area contributed by atoms with Crippen LogP contribution in [0, 0.1) is 5.92 Å². The van der Waals surface area contributed by atoms with E-state index in [9.17, 15) is 9.90 Å². The highest BCUT2D eigenvalue weighted by molar-refractivity contribution is 6.35. The summed E-state index contributed by atoms with van der Waals surface area (Å²) in [5, 5.41) is 22.9. The molecule has 1 saturated carbocycles. The van der Waals surface area contributed by atoms with Gasteiger partial charge in [-0.2, -0.15) is 0 Å². The molecule has 2 rings (SSSR count). The molecule has 20 heavy (non-hydrogen) atoms. The molecular weight excluding hydrogens is 301 g/mol. The molecule has 0 saturated heterocycles. The number of phenols is 1. The lowest BCUT2D eigenvalue weighted by Crippen LogP contribution is -2.36. The second kappa shape index (κ2) is 6.66. The van der Waals surface area contributed by atoms with Gasteiger partial charge in [-0.05, 0) is 31.4 Å². The molecule has 3 N–H and O–H groups in total. The molecular formula is C14H17Cl2NO3. The first kappa shape index (κ1) is 15.4. The third-order valence-electron chi connectivity index (χ3n) is 3.71. The molecule has 0 amide bonds. The Morgan fingerprint density at radius 2 is 2.10 bits per heavy atom. The highest BCUT2D eigenvalue weighted by atomic mass is 35.5. The lowest BCUT2D eigenvalue weighted by Gasteiger charge is -2.27. The summed E-state index contributed by atoms with van der Waals surface area (Å²) in [7, 11) is 0.